The fourth-order valence-corrected chi connectivity index (χ4v) is 4.79. The van der Waals surface area contributed by atoms with Crippen LogP contribution in [0.3, 0.4) is 0 Å². The average Bonchev–Trinajstić information content (AvgIpc) is 2.69. The van der Waals surface area contributed by atoms with Crippen molar-refractivity contribution in [2.75, 3.05) is 38.2 Å². The van der Waals surface area contributed by atoms with Gasteiger partial charge in [-0.25, -0.2) is 8.42 Å². The molecule has 152 valence electrons. The highest BCUT2D eigenvalue weighted by atomic mass is 35.5. The van der Waals surface area contributed by atoms with E-state index in [1.165, 1.54) is 4.31 Å². The minimum atomic E-state index is -3.60. The van der Waals surface area contributed by atoms with Gasteiger partial charge < -0.3 is 14.8 Å². The summed E-state index contributed by atoms with van der Waals surface area (Å²) in [7, 11) is -3.60. The number of rotatable bonds is 7. The molecule has 0 atom stereocenters. The topological polar surface area (TPSA) is 67.9 Å². The zero-order valence-electron chi connectivity index (χ0n) is 15.5. The number of hydrogen-bond donors (Lipinski definition) is 1. The lowest BCUT2D eigenvalue weighted by molar-refractivity contribution is 0.0730. The lowest BCUT2D eigenvalue weighted by Crippen LogP contribution is -2.40. The number of sulfonamides is 1. The van der Waals surface area contributed by atoms with E-state index in [2.05, 4.69) is 5.32 Å². The van der Waals surface area contributed by atoms with Crippen LogP contribution in [0.2, 0.25) is 10.0 Å². The number of anilines is 1. The Bertz CT molecular complexity index is 932. The van der Waals surface area contributed by atoms with Gasteiger partial charge in [-0.3, -0.25) is 0 Å². The third-order valence-electron chi connectivity index (χ3n) is 4.34. The number of nitrogens with zero attached hydrogens (tertiary/aromatic N) is 1. The Morgan fingerprint density at radius 2 is 1.89 bits per heavy atom. The molecule has 28 heavy (non-hydrogen) atoms. The molecule has 0 aliphatic carbocycles. The monoisotopic (exact) mass is 444 g/mol. The summed E-state index contributed by atoms with van der Waals surface area (Å²) in [6, 6.07) is 10.1. The zero-order chi connectivity index (χ0) is 20.1. The smallest absolute Gasteiger partial charge is 0.243 e. The van der Waals surface area contributed by atoms with Crippen molar-refractivity contribution in [3.8, 4) is 5.75 Å². The van der Waals surface area contributed by atoms with Gasteiger partial charge in [0.05, 0.1) is 30.4 Å². The molecule has 1 fully saturated rings. The predicted molar refractivity (Wildman–Crippen MR) is 111 cm³/mol. The molecule has 1 heterocycles. The van der Waals surface area contributed by atoms with E-state index >= 15 is 0 Å². The molecule has 0 saturated carbocycles. The van der Waals surface area contributed by atoms with Gasteiger partial charge in [0, 0.05) is 29.7 Å². The van der Waals surface area contributed by atoms with Crippen molar-refractivity contribution in [1.82, 2.24) is 4.31 Å². The number of nitrogens with one attached hydrogen (secondary N) is 1. The van der Waals surface area contributed by atoms with Crippen LogP contribution in [0.15, 0.2) is 41.3 Å². The van der Waals surface area contributed by atoms with Gasteiger partial charge in [0.1, 0.15) is 5.75 Å². The molecule has 6 nitrogen and oxygen atoms in total. The van der Waals surface area contributed by atoms with E-state index in [0.29, 0.717) is 60.9 Å². The van der Waals surface area contributed by atoms with E-state index in [1.807, 2.05) is 13.0 Å². The van der Waals surface area contributed by atoms with Crippen LogP contribution in [0.25, 0.3) is 0 Å². The first kappa shape index (κ1) is 21.2. The molecule has 1 aliphatic heterocycles. The second kappa shape index (κ2) is 9.33. The molecule has 0 unspecified atom stereocenters. The molecule has 0 bridgehead atoms. The summed E-state index contributed by atoms with van der Waals surface area (Å²) >= 11 is 12.2. The highest BCUT2D eigenvalue weighted by Gasteiger charge is 2.27. The molecule has 2 aromatic rings. The Kier molecular flexibility index (Phi) is 7.06. The summed E-state index contributed by atoms with van der Waals surface area (Å²) in [6.07, 6.45) is 0. The van der Waals surface area contributed by atoms with Crippen LogP contribution < -0.4 is 10.1 Å². The van der Waals surface area contributed by atoms with Crippen molar-refractivity contribution in [2.24, 2.45) is 0 Å². The summed E-state index contributed by atoms with van der Waals surface area (Å²) in [5.74, 6) is 0.577. The van der Waals surface area contributed by atoms with Crippen molar-refractivity contribution < 1.29 is 17.9 Å². The van der Waals surface area contributed by atoms with E-state index in [0.717, 1.165) is 5.56 Å². The molecular formula is C19H22Cl2N2O4S. The van der Waals surface area contributed by atoms with Gasteiger partial charge in [-0.05, 0) is 42.8 Å². The second-order valence-corrected chi connectivity index (χ2v) is 8.98. The van der Waals surface area contributed by atoms with Crippen LogP contribution in [0.1, 0.15) is 12.5 Å². The number of hydrogen-bond acceptors (Lipinski definition) is 5. The van der Waals surface area contributed by atoms with Gasteiger partial charge in [-0.15, -0.1) is 0 Å². The van der Waals surface area contributed by atoms with Crippen LogP contribution in [0.5, 0.6) is 5.75 Å². The Labute approximate surface area is 175 Å². The highest BCUT2D eigenvalue weighted by molar-refractivity contribution is 7.89. The largest absolute Gasteiger partial charge is 0.492 e. The minimum absolute atomic E-state index is 0.211. The Balaban J connectivity index is 1.86. The molecule has 0 spiro atoms. The highest BCUT2D eigenvalue weighted by Crippen LogP contribution is 2.31. The SMILES string of the molecule is CCOc1ccc(S(=O)(=O)N2CCOCC2)cc1NCc1ccc(Cl)cc1Cl. The molecule has 2 aromatic carbocycles. The lowest BCUT2D eigenvalue weighted by Gasteiger charge is -2.26. The standard InChI is InChI=1S/C19H22Cl2N2O4S/c1-2-27-19-6-5-16(28(24,25)23-7-9-26-10-8-23)12-18(19)22-13-14-3-4-15(20)11-17(14)21/h3-6,11-12,22H,2,7-10,13H2,1H3. The van der Waals surface area contributed by atoms with Crippen molar-refractivity contribution in [3.63, 3.8) is 0 Å². The minimum Gasteiger partial charge on any atom is -0.492 e. The van der Waals surface area contributed by atoms with E-state index in [-0.39, 0.29) is 4.90 Å². The first-order chi connectivity index (χ1) is 13.4. The van der Waals surface area contributed by atoms with Crippen LogP contribution in [-0.4, -0.2) is 45.6 Å². The number of halogens is 2. The first-order valence-corrected chi connectivity index (χ1v) is 11.1. The Hall–Kier alpha value is -1.51. The van der Waals surface area contributed by atoms with Gasteiger partial charge in [0.15, 0.2) is 0 Å². The van der Waals surface area contributed by atoms with Crippen molar-refractivity contribution in [3.05, 3.63) is 52.0 Å². The normalized spacial score (nSPS) is 15.4. The molecule has 1 saturated heterocycles. The fourth-order valence-electron chi connectivity index (χ4n) is 2.88. The predicted octanol–water partition coefficient (Wildman–Crippen LogP) is 4.03. The summed E-state index contributed by atoms with van der Waals surface area (Å²) in [4.78, 5) is 0.211. The van der Waals surface area contributed by atoms with Crippen molar-refractivity contribution in [1.29, 1.82) is 0 Å². The van der Waals surface area contributed by atoms with Gasteiger partial charge in [0.2, 0.25) is 10.0 Å². The van der Waals surface area contributed by atoms with Crippen molar-refractivity contribution in [2.45, 2.75) is 18.4 Å². The third-order valence-corrected chi connectivity index (χ3v) is 6.82. The molecule has 0 amide bonds. The summed E-state index contributed by atoms with van der Waals surface area (Å²) < 4.78 is 38.2. The van der Waals surface area contributed by atoms with Gasteiger partial charge in [-0.1, -0.05) is 29.3 Å². The number of benzene rings is 2. The summed E-state index contributed by atoms with van der Waals surface area (Å²) in [6.45, 7) is 4.23. The maximum Gasteiger partial charge on any atom is 0.243 e. The lowest BCUT2D eigenvalue weighted by atomic mass is 10.2. The Morgan fingerprint density at radius 3 is 2.57 bits per heavy atom. The summed E-state index contributed by atoms with van der Waals surface area (Å²) in [5.41, 5.74) is 1.43. The van der Waals surface area contributed by atoms with Crippen LogP contribution in [0.4, 0.5) is 5.69 Å². The maximum atomic E-state index is 12.9. The second-order valence-electron chi connectivity index (χ2n) is 6.20. The number of ether oxygens (including phenoxy) is 2. The molecule has 1 N–H and O–H groups in total. The quantitative estimate of drug-likeness (QED) is 0.697. The van der Waals surface area contributed by atoms with E-state index < -0.39 is 10.0 Å². The molecule has 3 rings (SSSR count). The van der Waals surface area contributed by atoms with Gasteiger partial charge in [0.25, 0.3) is 0 Å². The zero-order valence-corrected chi connectivity index (χ0v) is 17.8. The third kappa shape index (κ3) is 4.90. The maximum absolute atomic E-state index is 12.9. The molecule has 1 aliphatic rings. The number of morpholine rings is 1. The average molecular weight is 445 g/mol. The molecular weight excluding hydrogens is 423 g/mol. The van der Waals surface area contributed by atoms with E-state index in [9.17, 15) is 8.42 Å². The van der Waals surface area contributed by atoms with Gasteiger partial charge >= 0.3 is 0 Å². The van der Waals surface area contributed by atoms with Gasteiger partial charge in [-0.2, -0.15) is 4.31 Å². The van der Waals surface area contributed by atoms with Crippen LogP contribution in [-0.2, 0) is 21.3 Å². The Morgan fingerprint density at radius 1 is 1.14 bits per heavy atom. The van der Waals surface area contributed by atoms with Crippen LogP contribution >= 0.6 is 23.2 Å². The van der Waals surface area contributed by atoms with E-state index in [4.69, 9.17) is 32.7 Å². The van der Waals surface area contributed by atoms with Crippen LogP contribution in [0, 0.1) is 0 Å². The molecule has 0 radical (unpaired) electrons. The fraction of sp³-hybridized carbons (Fsp3) is 0.368. The molecule has 9 heteroatoms. The molecule has 0 aromatic heterocycles. The van der Waals surface area contributed by atoms with Crippen molar-refractivity contribution >= 4 is 38.9 Å². The first-order valence-electron chi connectivity index (χ1n) is 8.94. The van der Waals surface area contributed by atoms with E-state index in [1.54, 1.807) is 30.3 Å². The summed E-state index contributed by atoms with van der Waals surface area (Å²) in [5, 5.41) is 4.32.